The first-order valence-corrected chi connectivity index (χ1v) is 11.4. The summed E-state index contributed by atoms with van der Waals surface area (Å²) in [6.07, 6.45) is 0.173. The number of benzene rings is 2. The van der Waals surface area contributed by atoms with Crippen LogP contribution < -0.4 is 23.8 Å². The van der Waals surface area contributed by atoms with Crippen molar-refractivity contribution in [2.45, 2.75) is 12.5 Å². The fourth-order valence-corrected chi connectivity index (χ4v) is 4.28. The molecule has 0 bridgehead atoms. The molecule has 172 valence electrons. The van der Waals surface area contributed by atoms with Crippen molar-refractivity contribution in [1.82, 2.24) is 0 Å². The maximum Gasteiger partial charge on any atom is 0.340 e. The van der Waals surface area contributed by atoms with Gasteiger partial charge in [0.05, 0.1) is 44.5 Å². The molecule has 0 radical (unpaired) electrons. The van der Waals surface area contributed by atoms with Crippen LogP contribution in [0.25, 0.3) is 0 Å². The number of anilines is 2. The van der Waals surface area contributed by atoms with Gasteiger partial charge in [-0.25, -0.2) is 13.2 Å². The number of hydrogen-bond acceptors (Lipinski definition) is 8. The monoisotopic (exact) mass is 464 g/mol. The topological polar surface area (TPSA) is 120 Å². The number of hydrogen-bond donors (Lipinski definition) is 1. The van der Waals surface area contributed by atoms with Crippen LogP contribution in [0.1, 0.15) is 16.8 Å². The van der Waals surface area contributed by atoms with E-state index in [4.69, 9.17) is 18.9 Å². The van der Waals surface area contributed by atoms with Gasteiger partial charge in [0.1, 0.15) is 5.75 Å². The number of rotatable bonds is 6. The maximum absolute atomic E-state index is 13.1. The number of methoxy groups -OCH3 is 3. The van der Waals surface area contributed by atoms with E-state index in [1.807, 2.05) is 0 Å². The summed E-state index contributed by atoms with van der Waals surface area (Å²) in [5, 5.41) is 2.67. The average Bonchev–Trinajstić information content (AvgIpc) is 2.98. The lowest BCUT2D eigenvalue weighted by molar-refractivity contribution is -0.122. The molecule has 2 aromatic rings. The van der Waals surface area contributed by atoms with Crippen LogP contribution in [0.15, 0.2) is 36.4 Å². The minimum atomic E-state index is -3.58. The third-order valence-corrected chi connectivity index (χ3v) is 6.06. The Morgan fingerprint density at radius 1 is 1.09 bits per heavy atom. The Balaban J connectivity index is 1.93. The summed E-state index contributed by atoms with van der Waals surface area (Å²) in [6.45, 7) is 0.0454. The molecular weight excluding hydrogens is 440 g/mol. The molecule has 1 aliphatic rings. The standard InChI is InChI=1S/C21H24N2O8S/c1-28-18-11-13(21(25)30-3)14(12-19(18)29-2)22-20(24)17-9-10-23(32(4,26)27)15-7-5-6-8-16(15)31-17/h5-8,11-12,17H,9-10H2,1-4H3,(H,22,24). The second kappa shape index (κ2) is 9.35. The molecule has 1 aliphatic heterocycles. The van der Waals surface area contributed by atoms with Crippen molar-refractivity contribution in [3.8, 4) is 17.2 Å². The van der Waals surface area contributed by atoms with Crippen LogP contribution in [0, 0.1) is 0 Å². The number of ether oxygens (including phenoxy) is 4. The molecule has 11 heteroatoms. The zero-order valence-corrected chi connectivity index (χ0v) is 18.9. The fraction of sp³-hybridized carbons (Fsp3) is 0.333. The molecule has 0 spiro atoms. The summed E-state index contributed by atoms with van der Waals surface area (Å²) < 4.78 is 46.8. The maximum atomic E-state index is 13.1. The van der Waals surface area contributed by atoms with Crippen molar-refractivity contribution in [3.05, 3.63) is 42.0 Å². The first kappa shape index (κ1) is 23.2. The van der Waals surface area contributed by atoms with Gasteiger partial charge in [0.15, 0.2) is 17.6 Å². The van der Waals surface area contributed by atoms with Gasteiger partial charge in [0.25, 0.3) is 5.91 Å². The fourth-order valence-electron chi connectivity index (χ4n) is 3.33. The van der Waals surface area contributed by atoms with E-state index in [2.05, 4.69) is 5.32 Å². The lowest BCUT2D eigenvalue weighted by atomic mass is 10.1. The smallest absolute Gasteiger partial charge is 0.340 e. The number of amides is 1. The van der Waals surface area contributed by atoms with Crippen LogP contribution in [-0.2, 0) is 19.6 Å². The van der Waals surface area contributed by atoms with Crippen LogP contribution in [0.5, 0.6) is 17.2 Å². The first-order valence-electron chi connectivity index (χ1n) is 9.58. The van der Waals surface area contributed by atoms with Crippen molar-refractivity contribution in [2.75, 3.05) is 43.8 Å². The second-order valence-corrected chi connectivity index (χ2v) is 8.84. The Morgan fingerprint density at radius 2 is 1.75 bits per heavy atom. The van der Waals surface area contributed by atoms with Gasteiger partial charge in [-0.3, -0.25) is 9.10 Å². The Labute approximate surface area is 186 Å². The molecule has 10 nitrogen and oxygen atoms in total. The molecule has 1 unspecified atom stereocenters. The Hall–Kier alpha value is -3.47. The molecule has 32 heavy (non-hydrogen) atoms. The van der Waals surface area contributed by atoms with Gasteiger partial charge in [-0.1, -0.05) is 12.1 Å². The Morgan fingerprint density at radius 3 is 2.38 bits per heavy atom. The van der Waals surface area contributed by atoms with E-state index in [1.165, 1.54) is 37.8 Å². The van der Waals surface area contributed by atoms with E-state index in [9.17, 15) is 18.0 Å². The van der Waals surface area contributed by atoms with E-state index in [-0.39, 0.29) is 35.7 Å². The third kappa shape index (κ3) is 4.72. The predicted molar refractivity (Wildman–Crippen MR) is 117 cm³/mol. The van der Waals surface area contributed by atoms with Crippen LogP contribution in [-0.4, -0.2) is 60.5 Å². The summed E-state index contributed by atoms with van der Waals surface area (Å²) in [5.74, 6) is -0.402. The minimum absolute atomic E-state index is 0.0454. The van der Waals surface area contributed by atoms with Crippen molar-refractivity contribution >= 4 is 33.3 Å². The van der Waals surface area contributed by atoms with E-state index in [0.29, 0.717) is 11.4 Å². The highest BCUT2D eigenvalue weighted by Gasteiger charge is 2.32. The number of sulfonamides is 1. The molecule has 3 rings (SSSR count). The van der Waals surface area contributed by atoms with Gasteiger partial charge >= 0.3 is 5.97 Å². The first-order chi connectivity index (χ1) is 15.2. The Kier molecular flexibility index (Phi) is 6.78. The quantitative estimate of drug-likeness (QED) is 0.645. The number of nitrogens with one attached hydrogen (secondary N) is 1. The molecular formula is C21H24N2O8S. The summed E-state index contributed by atoms with van der Waals surface area (Å²) in [6, 6.07) is 9.41. The average molecular weight is 464 g/mol. The third-order valence-electron chi connectivity index (χ3n) is 4.88. The molecule has 1 amide bonds. The zero-order chi connectivity index (χ0) is 23.5. The summed E-state index contributed by atoms with van der Waals surface area (Å²) in [4.78, 5) is 25.3. The number of carbonyl (C=O) groups is 2. The minimum Gasteiger partial charge on any atom is -0.493 e. The van der Waals surface area contributed by atoms with Crippen molar-refractivity contribution in [1.29, 1.82) is 0 Å². The Bertz CT molecular complexity index is 1130. The van der Waals surface area contributed by atoms with Gasteiger partial charge in [0, 0.05) is 25.1 Å². The highest BCUT2D eigenvalue weighted by molar-refractivity contribution is 7.92. The molecule has 1 heterocycles. The molecule has 1 atom stereocenters. The molecule has 2 aromatic carbocycles. The SMILES string of the molecule is COC(=O)c1cc(OC)c(OC)cc1NC(=O)C1CCN(S(C)(=O)=O)c2ccccc2O1. The summed E-state index contributed by atoms with van der Waals surface area (Å²) in [7, 11) is 0.481. The highest BCUT2D eigenvalue weighted by Crippen LogP contribution is 2.36. The van der Waals surface area contributed by atoms with Crippen LogP contribution >= 0.6 is 0 Å². The van der Waals surface area contributed by atoms with Gasteiger partial charge in [0.2, 0.25) is 10.0 Å². The van der Waals surface area contributed by atoms with Crippen LogP contribution in [0.3, 0.4) is 0 Å². The number of fused-ring (bicyclic) bond motifs is 1. The van der Waals surface area contributed by atoms with E-state index >= 15 is 0 Å². The highest BCUT2D eigenvalue weighted by atomic mass is 32.2. The van der Waals surface area contributed by atoms with Crippen LogP contribution in [0.2, 0.25) is 0 Å². The number of nitrogens with zero attached hydrogens (tertiary/aromatic N) is 1. The van der Waals surface area contributed by atoms with Gasteiger partial charge < -0.3 is 24.3 Å². The van der Waals surface area contributed by atoms with E-state index in [0.717, 1.165) is 6.26 Å². The molecule has 0 saturated carbocycles. The molecule has 0 fully saturated rings. The summed E-state index contributed by atoms with van der Waals surface area (Å²) >= 11 is 0. The zero-order valence-electron chi connectivity index (χ0n) is 18.1. The van der Waals surface area contributed by atoms with E-state index < -0.39 is 28.0 Å². The number of carbonyl (C=O) groups excluding carboxylic acids is 2. The normalized spacial score (nSPS) is 15.6. The second-order valence-electron chi connectivity index (χ2n) is 6.93. The molecule has 1 N–H and O–H groups in total. The van der Waals surface area contributed by atoms with Gasteiger partial charge in [-0.15, -0.1) is 0 Å². The number of esters is 1. The lowest BCUT2D eigenvalue weighted by Gasteiger charge is -2.20. The number of para-hydroxylation sites is 2. The predicted octanol–water partition coefficient (Wildman–Crippen LogP) is 2.05. The lowest BCUT2D eigenvalue weighted by Crippen LogP contribution is -2.36. The molecule has 0 aromatic heterocycles. The largest absolute Gasteiger partial charge is 0.493 e. The van der Waals surface area contributed by atoms with Crippen molar-refractivity contribution in [2.24, 2.45) is 0 Å². The summed E-state index contributed by atoms with van der Waals surface area (Å²) in [5.41, 5.74) is 0.553. The van der Waals surface area contributed by atoms with Crippen molar-refractivity contribution in [3.63, 3.8) is 0 Å². The van der Waals surface area contributed by atoms with Gasteiger partial charge in [-0.2, -0.15) is 0 Å². The molecule has 0 saturated heterocycles. The van der Waals surface area contributed by atoms with Gasteiger partial charge in [-0.05, 0) is 12.1 Å². The van der Waals surface area contributed by atoms with Crippen molar-refractivity contribution < 1.29 is 37.0 Å². The molecule has 0 aliphatic carbocycles. The van der Waals surface area contributed by atoms with E-state index in [1.54, 1.807) is 24.3 Å². The van der Waals surface area contributed by atoms with Crippen LogP contribution in [0.4, 0.5) is 11.4 Å².